The molecule has 1 heterocycles. The highest BCUT2D eigenvalue weighted by Gasteiger charge is 2.19. The van der Waals surface area contributed by atoms with Crippen molar-refractivity contribution < 1.29 is 12.8 Å². The lowest BCUT2D eigenvalue weighted by molar-refractivity contribution is 0.504. The Morgan fingerprint density at radius 1 is 1.00 bits per heavy atom. The largest absolute Gasteiger partial charge is 0.425 e. The third-order valence-corrected chi connectivity index (χ3v) is 4.69. The lowest BCUT2D eigenvalue weighted by Crippen LogP contribution is -2.19. The molecule has 0 aliphatic heterocycles. The number of nitrogens with zero attached hydrogens (tertiary/aromatic N) is 1. The van der Waals surface area contributed by atoms with Crippen molar-refractivity contribution in [3.8, 4) is 5.69 Å². The third-order valence-electron chi connectivity index (χ3n) is 3.07. The highest BCUT2D eigenvalue weighted by Crippen LogP contribution is 2.19. The summed E-state index contributed by atoms with van der Waals surface area (Å²) < 4.78 is 33.0. The monoisotopic (exact) mass is 350 g/mol. The number of sulfonamides is 1. The number of hydrogen-bond donors (Lipinski definition) is 1. The molecule has 6 nitrogen and oxygen atoms in total. The first-order chi connectivity index (χ1) is 11.0. The molecule has 0 radical (unpaired) electrons. The van der Waals surface area contributed by atoms with Crippen LogP contribution in [0.2, 0.25) is 5.02 Å². The fourth-order valence-corrected chi connectivity index (χ4v) is 3.18. The van der Waals surface area contributed by atoms with Crippen LogP contribution in [-0.2, 0) is 10.0 Å². The first-order valence-corrected chi connectivity index (χ1v) is 8.38. The Kier molecular flexibility index (Phi) is 3.97. The van der Waals surface area contributed by atoms with Gasteiger partial charge in [-0.25, -0.2) is 17.8 Å². The van der Waals surface area contributed by atoms with Gasteiger partial charge in [-0.15, -0.1) is 0 Å². The van der Waals surface area contributed by atoms with Gasteiger partial charge in [-0.3, -0.25) is 4.72 Å². The number of halogens is 1. The maximum absolute atomic E-state index is 12.4. The third kappa shape index (κ3) is 3.15. The van der Waals surface area contributed by atoms with E-state index in [1.165, 1.54) is 12.1 Å². The Morgan fingerprint density at radius 3 is 2.30 bits per heavy atom. The van der Waals surface area contributed by atoms with E-state index in [0.717, 1.165) is 10.8 Å². The van der Waals surface area contributed by atoms with Gasteiger partial charge < -0.3 is 4.42 Å². The van der Waals surface area contributed by atoms with Gasteiger partial charge >= 0.3 is 5.76 Å². The summed E-state index contributed by atoms with van der Waals surface area (Å²) in [7, 11) is -3.83. The topological polar surface area (TPSA) is 81.3 Å². The molecule has 0 fully saturated rings. The Morgan fingerprint density at radius 2 is 1.65 bits per heavy atom. The Balaban J connectivity index is 2.03. The number of aromatic nitrogens is 1. The number of rotatable bonds is 4. The molecule has 23 heavy (non-hydrogen) atoms. The molecule has 1 N–H and O–H groups in total. The number of nitrogens with one attached hydrogen (secondary N) is 1. The molecule has 0 amide bonds. The Hall–Kier alpha value is -2.51. The summed E-state index contributed by atoms with van der Waals surface area (Å²) in [6.07, 6.45) is 1.05. The average molecular weight is 351 g/mol. The summed E-state index contributed by atoms with van der Waals surface area (Å²) >= 11 is 5.82. The fourth-order valence-electron chi connectivity index (χ4n) is 2.01. The molecule has 1 aromatic heterocycles. The van der Waals surface area contributed by atoms with E-state index in [-0.39, 0.29) is 10.7 Å². The van der Waals surface area contributed by atoms with E-state index in [0.29, 0.717) is 10.7 Å². The minimum absolute atomic E-state index is 0.00109. The van der Waals surface area contributed by atoms with Crippen LogP contribution in [0.5, 0.6) is 0 Å². The summed E-state index contributed by atoms with van der Waals surface area (Å²) in [6, 6.07) is 14.2. The fraction of sp³-hybridized carbons (Fsp3) is 0. The Bertz CT molecular complexity index is 976. The van der Waals surface area contributed by atoms with E-state index >= 15 is 0 Å². The minimum Gasteiger partial charge on any atom is -0.414 e. The predicted molar refractivity (Wildman–Crippen MR) is 86.6 cm³/mol. The van der Waals surface area contributed by atoms with E-state index in [1.54, 1.807) is 42.5 Å². The maximum atomic E-state index is 12.4. The zero-order chi connectivity index (χ0) is 16.4. The SMILES string of the molecule is O=c1occ(NS(=O)(=O)c2ccccc2)n1-c1ccc(Cl)cc1. The van der Waals surface area contributed by atoms with Crippen LogP contribution in [-0.4, -0.2) is 13.0 Å². The molecule has 8 heteroatoms. The van der Waals surface area contributed by atoms with E-state index < -0.39 is 15.8 Å². The van der Waals surface area contributed by atoms with Gasteiger partial charge in [-0.1, -0.05) is 29.8 Å². The maximum Gasteiger partial charge on any atom is 0.425 e. The zero-order valence-electron chi connectivity index (χ0n) is 11.6. The Labute approximate surface area is 137 Å². The second-order valence-corrected chi connectivity index (χ2v) is 6.74. The number of oxazole rings is 1. The van der Waals surface area contributed by atoms with Crippen molar-refractivity contribution in [2.45, 2.75) is 4.90 Å². The van der Waals surface area contributed by atoms with Crippen LogP contribution in [0.1, 0.15) is 0 Å². The van der Waals surface area contributed by atoms with Crippen molar-refractivity contribution in [1.29, 1.82) is 0 Å². The van der Waals surface area contributed by atoms with Crippen molar-refractivity contribution in [2.75, 3.05) is 4.72 Å². The van der Waals surface area contributed by atoms with Gasteiger partial charge in [0.15, 0.2) is 5.82 Å². The first kappa shape index (κ1) is 15.4. The molecule has 0 saturated carbocycles. The van der Waals surface area contributed by atoms with Gasteiger partial charge in [0.25, 0.3) is 10.0 Å². The molecule has 0 saturated heterocycles. The predicted octanol–water partition coefficient (Wildman–Crippen LogP) is 2.88. The van der Waals surface area contributed by atoms with Crippen molar-refractivity contribution in [1.82, 2.24) is 4.57 Å². The molecule has 0 atom stereocenters. The van der Waals surface area contributed by atoms with Gasteiger partial charge in [0, 0.05) is 5.02 Å². The van der Waals surface area contributed by atoms with E-state index in [2.05, 4.69) is 4.72 Å². The molecule has 0 aliphatic carbocycles. The lowest BCUT2D eigenvalue weighted by Gasteiger charge is -2.09. The van der Waals surface area contributed by atoms with Crippen molar-refractivity contribution in [3.05, 3.63) is 76.4 Å². The molecule has 0 unspecified atom stereocenters. The van der Waals surface area contributed by atoms with Crippen LogP contribution in [0.3, 0.4) is 0 Å². The summed E-state index contributed by atoms with van der Waals surface area (Å²) in [6.45, 7) is 0. The molecule has 0 spiro atoms. The zero-order valence-corrected chi connectivity index (χ0v) is 13.2. The molecule has 0 aliphatic rings. The molecular weight excluding hydrogens is 340 g/mol. The van der Waals surface area contributed by atoms with Crippen LogP contribution < -0.4 is 10.5 Å². The van der Waals surface area contributed by atoms with Crippen LogP contribution in [0, 0.1) is 0 Å². The molecule has 118 valence electrons. The second kappa shape index (κ2) is 5.94. The van der Waals surface area contributed by atoms with Crippen molar-refractivity contribution in [3.63, 3.8) is 0 Å². The smallest absolute Gasteiger partial charge is 0.414 e. The van der Waals surface area contributed by atoms with Crippen molar-refractivity contribution in [2.24, 2.45) is 0 Å². The summed E-state index contributed by atoms with van der Waals surface area (Å²) in [5, 5.41) is 0.497. The van der Waals surface area contributed by atoms with E-state index in [1.807, 2.05) is 0 Å². The molecule has 2 aromatic carbocycles. The van der Waals surface area contributed by atoms with Crippen molar-refractivity contribution >= 4 is 27.4 Å². The highest BCUT2D eigenvalue weighted by atomic mass is 35.5. The molecule has 0 bridgehead atoms. The van der Waals surface area contributed by atoms with Gasteiger partial charge in [-0.05, 0) is 36.4 Å². The molecule has 3 rings (SSSR count). The number of anilines is 1. The second-order valence-electron chi connectivity index (χ2n) is 4.62. The molecular formula is C15H11ClN2O4S. The summed E-state index contributed by atoms with van der Waals surface area (Å²) in [5.74, 6) is -0.709. The van der Waals surface area contributed by atoms with Gasteiger partial charge in [0.1, 0.15) is 6.26 Å². The summed E-state index contributed by atoms with van der Waals surface area (Å²) in [4.78, 5) is 12.0. The molecule has 3 aromatic rings. The van der Waals surface area contributed by atoms with Crippen LogP contribution in [0.4, 0.5) is 5.82 Å². The first-order valence-electron chi connectivity index (χ1n) is 6.52. The van der Waals surface area contributed by atoms with E-state index in [4.69, 9.17) is 16.0 Å². The normalized spacial score (nSPS) is 11.3. The number of hydrogen-bond acceptors (Lipinski definition) is 4. The summed E-state index contributed by atoms with van der Waals surface area (Å²) in [5.41, 5.74) is 0.430. The number of benzene rings is 2. The van der Waals surface area contributed by atoms with E-state index in [9.17, 15) is 13.2 Å². The van der Waals surface area contributed by atoms with Gasteiger partial charge in [-0.2, -0.15) is 0 Å². The minimum atomic E-state index is -3.83. The van der Waals surface area contributed by atoms with Crippen LogP contribution >= 0.6 is 11.6 Å². The standard InChI is InChI=1S/C15H11ClN2O4S/c16-11-6-8-12(9-7-11)18-14(10-22-15(18)19)17-23(20,21)13-4-2-1-3-5-13/h1-10,17H. The van der Waals surface area contributed by atoms with Crippen LogP contribution in [0.15, 0.2) is 75.0 Å². The quantitative estimate of drug-likeness (QED) is 0.784. The van der Waals surface area contributed by atoms with Gasteiger partial charge in [0.2, 0.25) is 0 Å². The lowest BCUT2D eigenvalue weighted by atomic mass is 10.3. The van der Waals surface area contributed by atoms with Crippen LogP contribution in [0.25, 0.3) is 5.69 Å². The average Bonchev–Trinajstić information content (AvgIpc) is 2.89. The van der Waals surface area contributed by atoms with Gasteiger partial charge in [0.05, 0.1) is 10.6 Å². The highest BCUT2D eigenvalue weighted by molar-refractivity contribution is 7.92.